The summed E-state index contributed by atoms with van der Waals surface area (Å²) in [5.74, 6) is -2.46. The van der Waals surface area contributed by atoms with Crippen LogP contribution in [0.4, 0.5) is 5.82 Å². The van der Waals surface area contributed by atoms with E-state index in [4.69, 9.17) is 0 Å². The first-order chi connectivity index (χ1) is 13.2. The zero-order chi connectivity index (χ0) is 18.8. The Labute approximate surface area is 154 Å². The lowest BCUT2D eigenvalue weighted by Gasteiger charge is -2.07. The fourth-order valence-electron chi connectivity index (χ4n) is 3.05. The average Bonchev–Trinajstić information content (AvgIpc) is 3.14. The number of Topliss-reactive ketones (excluding diaryl/α,β-unsaturated/α-hetero) is 1. The second kappa shape index (κ2) is 6.73. The number of anilines is 1. The van der Waals surface area contributed by atoms with Crippen LogP contribution in [0.5, 0.6) is 0 Å². The third kappa shape index (κ3) is 3.02. The van der Waals surface area contributed by atoms with Gasteiger partial charge in [-0.25, -0.2) is 4.98 Å². The van der Waals surface area contributed by atoms with Gasteiger partial charge in [-0.15, -0.1) is 0 Å². The van der Waals surface area contributed by atoms with Gasteiger partial charge in [-0.1, -0.05) is 36.4 Å². The van der Waals surface area contributed by atoms with Crippen molar-refractivity contribution in [1.29, 1.82) is 5.26 Å². The number of aromatic nitrogens is 2. The van der Waals surface area contributed by atoms with E-state index in [0.29, 0.717) is 0 Å². The van der Waals surface area contributed by atoms with Gasteiger partial charge in [-0.3, -0.25) is 9.59 Å². The van der Waals surface area contributed by atoms with Crippen LogP contribution in [0.1, 0.15) is 10.5 Å². The molecule has 0 aliphatic carbocycles. The van der Waals surface area contributed by atoms with E-state index in [1.165, 1.54) is 6.20 Å². The molecule has 1 atom stereocenters. The molecule has 0 unspecified atom stereocenters. The van der Waals surface area contributed by atoms with Gasteiger partial charge in [-0.2, -0.15) is 5.26 Å². The number of carbonyl (C=O) groups is 2. The Hall–Kier alpha value is -3.98. The largest absolute Gasteiger partial charge is 0.352 e. The van der Waals surface area contributed by atoms with Gasteiger partial charge >= 0.3 is 0 Å². The number of benzene rings is 2. The van der Waals surface area contributed by atoms with Crippen molar-refractivity contribution in [2.75, 3.05) is 5.32 Å². The zero-order valence-electron chi connectivity index (χ0n) is 14.1. The van der Waals surface area contributed by atoms with E-state index in [2.05, 4.69) is 15.3 Å². The average molecular weight is 354 g/mol. The molecule has 27 heavy (non-hydrogen) atoms. The summed E-state index contributed by atoms with van der Waals surface area (Å²) >= 11 is 0. The van der Waals surface area contributed by atoms with E-state index in [-0.39, 0.29) is 11.5 Å². The van der Waals surface area contributed by atoms with Crippen LogP contribution in [0, 0.1) is 17.2 Å². The van der Waals surface area contributed by atoms with Gasteiger partial charge in [0.1, 0.15) is 5.82 Å². The van der Waals surface area contributed by atoms with Gasteiger partial charge in [0.05, 0.1) is 11.8 Å². The van der Waals surface area contributed by atoms with Gasteiger partial charge in [-0.05, 0) is 35.0 Å². The first-order valence-electron chi connectivity index (χ1n) is 8.33. The van der Waals surface area contributed by atoms with Gasteiger partial charge in [0.2, 0.25) is 5.78 Å². The predicted molar refractivity (Wildman–Crippen MR) is 102 cm³/mol. The quantitative estimate of drug-likeness (QED) is 0.431. The SMILES string of the molecule is N#C[C@@H](C(=O)Nc1ccccn1)C(=O)c1cc2c(ccc3ccccc32)[nH]1. The highest BCUT2D eigenvalue weighted by molar-refractivity contribution is 6.17. The summed E-state index contributed by atoms with van der Waals surface area (Å²) in [5.41, 5.74) is 1.00. The van der Waals surface area contributed by atoms with Crippen molar-refractivity contribution >= 4 is 39.2 Å². The summed E-state index contributed by atoms with van der Waals surface area (Å²) in [6.45, 7) is 0. The van der Waals surface area contributed by atoms with E-state index in [9.17, 15) is 14.9 Å². The van der Waals surface area contributed by atoms with Gasteiger partial charge in [0.15, 0.2) is 5.92 Å². The number of fused-ring (bicyclic) bond motifs is 3. The molecule has 0 radical (unpaired) electrons. The molecular weight excluding hydrogens is 340 g/mol. The first-order valence-corrected chi connectivity index (χ1v) is 8.33. The van der Waals surface area contributed by atoms with Gasteiger partial charge in [0, 0.05) is 17.1 Å². The Morgan fingerprint density at radius 2 is 1.85 bits per heavy atom. The molecule has 130 valence electrons. The molecule has 0 saturated heterocycles. The number of amides is 1. The predicted octanol–water partition coefficient (Wildman–Crippen LogP) is 3.68. The number of carbonyl (C=O) groups excluding carboxylic acids is 2. The monoisotopic (exact) mass is 354 g/mol. The molecule has 1 amide bonds. The Bertz CT molecular complexity index is 1210. The molecule has 6 heteroatoms. The van der Waals surface area contributed by atoms with Crippen LogP contribution in [0.15, 0.2) is 66.9 Å². The van der Waals surface area contributed by atoms with Crippen molar-refractivity contribution < 1.29 is 9.59 Å². The van der Waals surface area contributed by atoms with Crippen molar-refractivity contribution in [3.63, 3.8) is 0 Å². The molecule has 2 aromatic carbocycles. The number of nitrogens with one attached hydrogen (secondary N) is 2. The van der Waals surface area contributed by atoms with E-state index >= 15 is 0 Å². The van der Waals surface area contributed by atoms with E-state index in [1.54, 1.807) is 30.3 Å². The highest BCUT2D eigenvalue weighted by Crippen LogP contribution is 2.26. The van der Waals surface area contributed by atoms with Gasteiger partial charge < -0.3 is 10.3 Å². The van der Waals surface area contributed by atoms with Crippen molar-refractivity contribution in [2.24, 2.45) is 5.92 Å². The number of hydrogen-bond donors (Lipinski definition) is 2. The highest BCUT2D eigenvalue weighted by atomic mass is 16.2. The second-order valence-electron chi connectivity index (χ2n) is 6.06. The number of nitriles is 1. The van der Waals surface area contributed by atoms with Crippen LogP contribution >= 0.6 is 0 Å². The highest BCUT2D eigenvalue weighted by Gasteiger charge is 2.29. The lowest BCUT2D eigenvalue weighted by molar-refractivity contribution is -0.117. The normalized spacial score (nSPS) is 11.8. The van der Waals surface area contributed by atoms with Crippen molar-refractivity contribution in [3.05, 3.63) is 72.6 Å². The molecule has 2 aromatic heterocycles. The minimum Gasteiger partial charge on any atom is -0.352 e. The lowest BCUT2D eigenvalue weighted by atomic mass is 10.0. The summed E-state index contributed by atoms with van der Waals surface area (Å²) in [6, 6.07) is 20.1. The topological polar surface area (TPSA) is 98.6 Å². The smallest absolute Gasteiger partial charge is 0.250 e. The summed E-state index contributed by atoms with van der Waals surface area (Å²) in [5, 5.41) is 14.8. The summed E-state index contributed by atoms with van der Waals surface area (Å²) in [7, 11) is 0. The van der Waals surface area contributed by atoms with Crippen LogP contribution in [0.25, 0.3) is 21.7 Å². The molecule has 2 heterocycles. The molecule has 0 spiro atoms. The summed E-state index contributed by atoms with van der Waals surface area (Å²) in [6.07, 6.45) is 1.52. The molecule has 0 fully saturated rings. The Morgan fingerprint density at radius 1 is 1.04 bits per heavy atom. The maximum absolute atomic E-state index is 12.8. The number of pyridine rings is 1. The Balaban J connectivity index is 1.67. The molecule has 2 N–H and O–H groups in total. The minimum atomic E-state index is -1.47. The molecule has 0 saturated carbocycles. The first kappa shape index (κ1) is 16.5. The van der Waals surface area contributed by atoms with Crippen LogP contribution in [0.2, 0.25) is 0 Å². The van der Waals surface area contributed by atoms with Crippen LogP contribution < -0.4 is 5.32 Å². The number of H-pyrrole nitrogens is 1. The number of nitrogens with zero attached hydrogens (tertiary/aromatic N) is 2. The molecule has 4 rings (SSSR count). The maximum Gasteiger partial charge on any atom is 0.250 e. The van der Waals surface area contributed by atoms with Crippen molar-refractivity contribution in [2.45, 2.75) is 0 Å². The van der Waals surface area contributed by atoms with Crippen LogP contribution in [-0.4, -0.2) is 21.7 Å². The number of aromatic amines is 1. The molecule has 4 aromatic rings. The maximum atomic E-state index is 12.8. The van der Waals surface area contributed by atoms with E-state index in [0.717, 1.165) is 21.7 Å². The lowest BCUT2D eigenvalue weighted by Crippen LogP contribution is -2.29. The summed E-state index contributed by atoms with van der Waals surface area (Å²) in [4.78, 5) is 32.2. The third-order valence-corrected chi connectivity index (χ3v) is 4.36. The van der Waals surface area contributed by atoms with Crippen LogP contribution in [-0.2, 0) is 4.79 Å². The zero-order valence-corrected chi connectivity index (χ0v) is 14.1. The Kier molecular flexibility index (Phi) is 4.11. The van der Waals surface area contributed by atoms with E-state index < -0.39 is 17.6 Å². The number of rotatable bonds is 4. The summed E-state index contributed by atoms with van der Waals surface area (Å²) < 4.78 is 0. The number of hydrogen-bond acceptors (Lipinski definition) is 4. The van der Waals surface area contributed by atoms with E-state index in [1.807, 2.05) is 36.4 Å². The van der Waals surface area contributed by atoms with Gasteiger partial charge in [0.25, 0.3) is 5.91 Å². The fourth-order valence-corrected chi connectivity index (χ4v) is 3.05. The van der Waals surface area contributed by atoms with Crippen LogP contribution in [0.3, 0.4) is 0 Å². The fraction of sp³-hybridized carbons (Fsp3) is 0.0476. The van der Waals surface area contributed by atoms with Crippen molar-refractivity contribution in [3.8, 4) is 6.07 Å². The molecule has 6 nitrogen and oxygen atoms in total. The van der Waals surface area contributed by atoms with Crippen molar-refractivity contribution in [1.82, 2.24) is 9.97 Å². The molecule has 0 aliphatic rings. The standard InChI is InChI=1S/C21H14N4O2/c22-12-16(21(27)25-19-7-3-4-10-23-19)20(26)18-11-15-14-6-2-1-5-13(14)8-9-17(15)24-18/h1-11,16,24H,(H,23,25,27)/t16-/m1/s1. The molecule has 0 aliphatic heterocycles. The third-order valence-electron chi connectivity index (χ3n) is 4.36. The number of ketones is 1. The minimum absolute atomic E-state index is 0.226. The second-order valence-corrected chi connectivity index (χ2v) is 6.06. The molecular formula is C21H14N4O2. The molecule has 0 bridgehead atoms. The Morgan fingerprint density at radius 3 is 2.63 bits per heavy atom.